The van der Waals surface area contributed by atoms with Crippen molar-refractivity contribution in [2.24, 2.45) is 0 Å². The molecule has 0 fully saturated rings. The first-order chi connectivity index (χ1) is 5.79. The van der Waals surface area contributed by atoms with Gasteiger partial charge in [-0.25, -0.2) is 0 Å². The number of aromatic nitrogens is 1. The van der Waals surface area contributed by atoms with Gasteiger partial charge in [0.1, 0.15) is 0 Å². The van der Waals surface area contributed by atoms with E-state index in [2.05, 4.69) is 0 Å². The zero-order valence-corrected chi connectivity index (χ0v) is 6.27. The van der Waals surface area contributed by atoms with Crippen LogP contribution in [0.25, 0.3) is 5.52 Å². The molecular weight excluding hydrogens is 154 g/mol. The van der Waals surface area contributed by atoms with Gasteiger partial charge >= 0.3 is 0 Å². The smallest absolute Gasteiger partial charge is 0.223 e. The van der Waals surface area contributed by atoms with Crippen LogP contribution < -0.4 is 5.43 Å². The third-order valence-corrected chi connectivity index (χ3v) is 1.75. The van der Waals surface area contributed by atoms with Gasteiger partial charge in [0.05, 0.1) is 5.52 Å². The predicted octanol–water partition coefficient (Wildman–Crippen LogP) is 1.01. The van der Waals surface area contributed by atoms with Crippen LogP contribution in [0.5, 0.6) is 5.75 Å². The quantitative estimate of drug-likeness (QED) is 0.626. The van der Waals surface area contributed by atoms with Crippen molar-refractivity contribution in [3.63, 3.8) is 0 Å². The number of pyridine rings is 2. The molecule has 0 unspecified atom stereocenters. The van der Waals surface area contributed by atoms with E-state index in [-0.39, 0.29) is 11.2 Å². The van der Waals surface area contributed by atoms with Gasteiger partial charge in [-0.3, -0.25) is 4.79 Å². The molecular formula is C9H7NO2. The van der Waals surface area contributed by atoms with Gasteiger partial charge in [-0.1, -0.05) is 6.07 Å². The van der Waals surface area contributed by atoms with Crippen molar-refractivity contribution >= 4 is 5.52 Å². The zero-order valence-electron chi connectivity index (χ0n) is 6.27. The minimum atomic E-state index is -0.346. The maximum Gasteiger partial charge on any atom is 0.223 e. The SMILES string of the molecule is O=c1ccn2ccccc2c1O. The van der Waals surface area contributed by atoms with Gasteiger partial charge in [0.15, 0.2) is 5.75 Å². The zero-order chi connectivity index (χ0) is 8.55. The summed E-state index contributed by atoms with van der Waals surface area (Å²) in [6.07, 6.45) is 3.39. The van der Waals surface area contributed by atoms with Gasteiger partial charge in [0.25, 0.3) is 0 Å². The summed E-state index contributed by atoms with van der Waals surface area (Å²) in [5.41, 5.74) is 0.186. The number of nitrogens with zero attached hydrogens (tertiary/aromatic N) is 1. The van der Waals surface area contributed by atoms with Crippen molar-refractivity contribution < 1.29 is 5.11 Å². The third kappa shape index (κ3) is 0.871. The van der Waals surface area contributed by atoms with Crippen LogP contribution in [0, 0.1) is 0 Å². The summed E-state index contributed by atoms with van der Waals surface area (Å²) in [4.78, 5) is 11.0. The van der Waals surface area contributed by atoms with Crippen molar-refractivity contribution in [3.8, 4) is 5.75 Å². The normalized spacial score (nSPS) is 10.3. The molecule has 2 aromatic rings. The average molecular weight is 161 g/mol. The second-order valence-electron chi connectivity index (χ2n) is 2.52. The molecule has 0 saturated carbocycles. The lowest BCUT2D eigenvalue weighted by atomic mass is 10.3. The summed E-state index contributed by atoms with van der Waals surface area (Å²) in [5, 5.41) is 9.32. The Morgan fingerprint density at radius 3 is 2.83 bits per heavy atom. The van der Waals surface area contributed by atoms with E-state index in [1.807, 2.05) is 6.07 Å². The van der Waals surface area contributed by atoms with Crippen LogP contribution in [0.2, 0.25) is 0 Å². The van der Waals surface area contributed by atoms with Crippen LogP contribution in [0.3, 0.4) is 0 Å². The second kappa shape index (κ2) is 2.37. The molecule has 3 heteroatoms. The molecule has 0 aliphatic heterocycles. The molecule has 0 spiro atoms. The average Bonchev–Trinajstić information content (AvgIpc) is 2.12. The highest BCUT2D eigenvalue weighted by Gasteiger charge is 1.99. The summed E-state index contributed by atoms with van der Waals surface area (Å²) in [6, 6.07) is 6.63. The summed E-state index contributed by atoms with van der Waals surface area (Å²) in [6.45, 7) is 0. The molecule has 2 rings (SSSR count). The van der Waals surface area contributed by atoms with Crippen LogP contribution in [0.1, 0.15) is 0 Å². The number of aromatic hydroxyl groups is 1. The maximum absolute atomic E-state index is 11.0. The first kappa shape index (κ1) is 6.91. The van der Waals surface area contributed by atoms with E-state index in [9.17, 15) is 9.90 Å². The topological polar surface area (TPSA) is 41.7 Å². The summed E-state index contributed by atoms with van der Waals surface area (Å²) < 4.78 is 1.69. The lowest BCUT2D eigenvalue weighted by molar-refractivity contribution is 0.473. The van der Waals surface area contributed by atoms with Gasteiger partial charge in [-0.2, -0.15) is 0 Å². The van der Waals surface area contributed by atoms with Gasteiger partial charge in [-0.15, -0.1) is 0 Å². The maximum atomic E-state index is 11.0. The Labute approximate surface area is 68.5 Å². The molecule has 0 aromatic carbocycles. The minimum absolute atomic E-state index is 0.196. The molecule has 2 heterocycles. The number of hydrogen-bond donors (Lipinski definition) is 1. The van der Waals surface area contributed by atoms with Crippen molar-refractivity contribution in [1.29, 1.82) is 0 Å². The fraction of sp³-hybridized carbons (Fsp3) is 0. The lowest BCUT2D eigenvalue weighted by Gasteiger charge is -2.00. The van der Waals surface area contributed by atoms with E-state index >= 15 is 0 Å². The molecule has 0 saturated heterocycles. The highest BCUT2D eigenvalue weighted by atomic mass is 16.3. The second-order valence-corrected chi connectivity index (χ2v) is 2.52. The summed E-state index contributed by atoms with van der Waals surface area (Å²) in [7, 11) is 0. The summed E-state index contributed by atoms with van der Waals surface area (Å²) >= 11 is 0. The Hall–Kier alpha value is -1.77. The van der Waals surface area contributed by atoms with E-state index in [1.54, 1.807) is 28.9 Å². The van der Waals surface area contributed by atoms with Crippen molar-refractivity contribution in [1.82, 2.24) is 4.40 Å². The van der Waals surface area contributed by atoms with Gasteiger partial charge in [0.2, 0.25) is 5.43 Å². The first-order valence-corrected chi connectivity index (χ1v) is 3.58. The Morgan fingerprint density at radius 1 is 1.17 bits per heavy atom. The molecule has 0 amide bonds. The highest BCUT2D eigenvalue weighted by Crippen LogP contribution is 2.10. The van der Waals surface area contributed by atoms with E-state index in [1.165, 1.54) is 6.07 Å². The number of hydrogen-bond acceptors (Lipinski definition) is 2. The molecule has 0 bridgehead atoms. The molecule has 12 heavy (non-hydrogen) atoms. The Bertz CT molecular complexity index is 473. The third-order valence-electron chi connectivity index (χ3n) is 1.75. The highest BCUT2D eigenvalue weighted by molar-refractivity contribution is 5.58. The summed E-state index contributed by atoms with van der Waals surface area (Å²) in [5.74, 6) is -0.196. The van der Waals surface area contributed by atoms with Crippen LogP contribution in [-0.4, -0.2) is 9.51 Å². The monoisotopic (exact) mass is 161 g/mol. The lowest BCUT2D eigenvalue weighted by Crippen LogP contribution is -2.01. The van der Waals surface area contributed by atoms with Crippen molar-refractivity contribution in [2.75, 3.05) is 0 Å². The first-order valence-electron chi connectivity index (χ1n) is 3.58. The van der Waals surface area contributed by atoms with Crippen molar-refractivity contribution in [3.05, 3.63) is 46.9 Å². The molecule has 1 N–H and O–H groups in total. The van der Waals surface area contributed by atoms with E-state index < -0.39 is 0 Å². The van der Waals surface area contributed by atoms with Gasteiger partial charge < -0.3 is 9.51 Å². The van der Waals surface area contributed by atoms with Crippen molar-refractivity contribution in [2.45, 2.75) is 0 Å². The van der Waals surface area contributed by atoms with Crippen LogP contribution in [0.4, 0.5) is 0 Å². The fourth-order valence-electron chi connectivity index (χ4n) is 1.14. The minimum Gasteiger partial charge on any atom is -0.503 e. The Balaban J connectivity index is 3.01. The largest absolute Gasteiger partial charge is 0.503 e. The molecule has 2 aromatic heterocycles. The van der Waals surface area contributed by atoms with Crippen LogP contribution >= 0.6 is 0 Å². The van der Waals surface area contributed by atoms with E-state index in [0.29, 0.717) is 5.52 Å². The molecule has 3 nitrogen and oxygen atoms in total. The number of fused-ring (bicyclic) bond motifs is 1. The fourth-order valence-corrected chi connectivity index (χ4v) is 1.14. The Kier molecular flexibility index (Phi) is 1.37. The van der Waals surface area contributed by atoms with Gasteiger partial charge in [0, 0.05) is 18.5 Å². The van der Waals surface area contributed by atoms with Crippen LogP contribution in [-0.2, 0) is 0 Å². The van der Waals surface area contributed by atoms with Crippen LogP contribution in [0.15, 0.2) is 41.5 Å². The molecule has 60 valence electrons. The van der Waals surface area contributed by atoms with Gasteiger partial charge in [-0.05, 0) is 12.1 Å². The molecule has 0 aliphatic carbocycles. The van der Waals surface area contributed by atoms with E-state index in [0.717, 1.165) is 0 Å². The number of rotatable bonds is 0. The standard InChI is InChI=1S/C9H7NO2/c11-8-4-6-10-5-2-1-3-7(10)9(8)12/h1-6,12H. The molecule has 0 atom stereocenters. The predicted molar refractivity (Wildman–Crippen MR) is 45.3 cm³/mol. The Morgan fingerprint density at radius 2 is 2.00 bits per heavy atom. The molecule has 0 aliphatic rings. The van der Waals surface area contributed by atoms with E-state index in [4.69, 9.17) is 0 Å². The molecule has 0 radical (unpaired) electrons.